The molecular weight excluding hydrogens is 324 g/mol. The van der Waals surface area contributed by atoms with Crippen molar-refractivity contribution in [3.8, 4) is 5.75 Å². The quantitative estimate of drug-likeness (QED) is 0.788. The number of fused-ring (bicyclic) bond motifs is 1. The molecule has 1 aliphatic heterocycles. The highest BCUT2D eigenvalue weighted by atomic mass is 16.3. The van der Waals surface area contributed by atoms with Gasteiger partial charge in [0.05, 0.1) is 12.2 Å². The summed E-state index contributed by atoms with van der Waals surface area (Å²) >= 11 is 0. The minimum absolute atomic E-state index is 0.0969. The van der Waals surface area contributed by atoms with Crippen molar-refractivity contribution in [3.05, 3.63) is 100.0 Å². The van der Waals surface area contributed by atoms with Gasteiger partial charge in [0.2, 0.25) is 5.43 Å². The number of aromatic hydroxyl groups is 1. The first-order valence-electron chi connectivity index (χ1n) is 8.96. The Labute approximate surface area is 153 Å². The lowest BCUT2D eigenvalue weighted by atomic mass is 9.98. The molecule has 0 bridgehead atoms. The first-order chi connectivity index (χ1) is 12.7. The molecular formula is C22H22N2O2. The zero-order valence-electron chi connectivity index (χ0n) is 14.6. The Balaban J connectivity index is 1.71. The van der Waals surface area contributed by atoms with Crippen molar-refractivity contribution in [1.82, 2.24) is 9.47 Å². The van der Waals surface area contributed by atoms with E-state index in [0.717, 1.165) is 31.7 Å². The number of aromatic nitrogens is 1. The van der Waals surface area contributed by atoms with E-state index < -0.39 is 0 Å². The Morgan fingerprint density at radius 1 is 0.923 bits per heavy atom. The van der Waals surface area contributed by atoms with E-state index >= 15 is 0 Å². The average Bonchev–Trinajstić information content (AvgIpc) is 2.67. The first kappa shape index (κ1) is 16.6. The second-order valence-corrected chi connectivity index (χ2v) is 6.80. The Morgan fingerprint density at radius 2 is 1.58 bits per heavy atom. The Hall–Kier alpha value is -2.85. The monoisotopic (exact) mass is 346 g/mol. The third-order valence-corrected chi connectivity index (χ3v) is 5.05. The minimum atomic E-state index is -0.309. The number of benzene rings is 2. The van der Waals surface area contributed by atoms with Crippen LogP contribution < -0.4 is 5.43 Å². The molecule has 1 N–H and O–H groups in total. The van der Waals surface area contributed by atoms with Gasteiger partial charge in [-0.25, -0.2) is 0 Å². The smallest absolute Gasteiger partial charge is 0.223 e. The molecule has 1 unspecified atom stereocenters. The number of nitrogens with zero attached hydrogens (tertiary/aromatic N) is 2. The minimum Gasteiger partial charge on any atom is -0.503 e. The van der Waals surface area contributed by atoms with Crippen LogP contribution in [0.5, 0.6) is 5.75 Å². The molecule has 0 fully saturated rings. The lowest BCUT2D eigenvalue weighted by Gasteiger charge is -2.38. The van der Waals surface area contributed by atoms with Crippen molar-refractivity contribution < 1.29 is 5.11 Å². The molecule has 4 nitrogen and oxygen atoms in total. The molecule has 1 aliphatic rings. The van der Waals surface area contributed by atoms with Crippen LogP contribution in [0.3, 0.4) is 0 Å². The largest absolute Gasteiger partial charge is 0.503 e. The van der Waals surface area contributed by atoms with Crippen LogP contribution in [0, 0.1) is 0 Å². The molecule has 132 valence electrons. The van der Waals surface area contributed by atoms with Crippen LogP contribution in [0.2, 0.25) is 0 Å². The molecule has 2 aromatic carbocycles. The van der Waals surface area contributed by atoms with E-state index in [1.165, 1.54) is 11.1 Å². The third-order valence-electron chi connectivity index (χ3n) is 5.05. The fourth-order valence-corrected chi connectivity index (χ4v) is 3.72. The standard InChI is InChI=1S/C22H22N2O2/c25-21-14-20-19(13-17-7-3-1-4-8-17)23(11-12-24(20)16-22(21)26)15-18-9-5-2-6-10-18/h1-10,14,16,19,26H,11-13,15H2. The fraction of sp³-hybridized carbons (Fsp3) is 0.227. The zero-order chi connectivity index (χ0) is 17.9. The highest BCUT2D eigenvalue weighted by Gasteiger charge is 2.28. The van der Waals surface area contributed by atoms with Gasteiger partial charge in [0, 0.05) is 31.4 Å². The van der Waals surface area contributed by atoms with Gasteiger partial charge in [0.25, 0.3) is 0 Å². The van der Waals surface area contributed by atoms with Crippen LogP contribution in [0.25, 0.3) is 0 Å². The summed E-state index contributed by atoms with van der Waals surface area (Å²) in [4.78, 5) is 14.5. The molecule has 1 atom stereocenters. The molecule has 3 aromatic rings. The molecule has 0 aliphatic carbocycles. The molecule has 0 saturated carbocycles. The fourth-order valence-electron chi connectivity index (χ4n) is 3.72. The van der Waals surface area contributed by atoms with Crippen LogP contribution >= 0.6 is 0 Å². The Kier molecular flexibility index (Phi) is 4.59. The van der Waals surface area contributed by atoms with E-state index in [9.17, 15) is 9.90 Å². The van der Waals surface area contributed by atoms with E-state index in [0.29, 0.717) is 0 Å². The number of rotatable bonds is 4. The van der Waals surface area contributed by atoms with Gasteiger partial charge in [0.1, 0.15) is 0 Å². The molecule has 1 aromatic heterocycles. The topological polar surface area (TPSA) is 45.5 Å². The molecule has 2 heterocycles. The van der Waals surface area contributed by atoms with Crippen molar-refractivity contribution in [3.63, 3.8) is 0 Å². The Morgan fingerprint density at radius 3 is 2.27 bits per heavy atom. The summed E-state index contributed by atoms with van der Waals surface area (Å²) in [5.74, 6) is -0.177. The molecule has 0 spiro atoms. The van der Waals surface area contributed by atoms with Gasteiger partial charge in [-0.05, 0) is 17.5 Å². The summed E-state index contributed by atoms with van der Waals surface area (Å²) < 4.78 is 2.02. The summed E-state index contributed by atoms with van der Waals surface area (Å²) in [5.41, 5.74) is 3.17. The maximum absolute atomic E-state index is 12.1. The van der Waals surface area contributed by atoms with E-state index in [1.807, 2.05) is 28.8 Å². The first-order valence-corrected chi connectivity index (χ1v) is 8.96. The van der Waals surface area contributed by atoms with Crippen molar-refractivity contribution >= 4 is 0 Å². The van der Waals surface area contributed by atoms with Gasteiger partial charge in [0.15, 0.2) is 5.75 Å². The summed E-state index contributed by atoms with van der Waals surface area (Å²) in [6, 6.07) is 22.5. The zero-order valence-corrected chi connectivity index (χ0v) is 14.6. The van der Waals surface area contributed by atoms with Gasteiger partial charge in [-0.1, -0.05) is 60.7 Å². The highest BCUT2D eigenvalue weighted by Crippen LogP contribution is 2.30. The number of hydrogen-bond donors (Lipinski definition) is 1. The van der Waals surface area contributed by atoms with Crippen molar-refractivity contribution in [2.45, 2.75) is 25.6 Å². The van der Waals surface area contributed by atoms with Crippen molar-refractivity contribution in [1.29, 1.82) is 0 Å². The maximum atomic E-state index is 12.1. The van der Waals surface area contributed by atoms with Gasteiger partial charge in [-0.3, -0.25) is 9.69 Å². The summed E-state index contributed by atoms with van der Waals surface area (Å²) in [7, 11) is 0. The van der Waals surface area contributed by atoms with Crippen LogP contribution in [0.15, 0.2) is 77.7 Å². The van der Waals surface area contributed by atoms with E-state index in [4.69, 9.17) is 0 Å². The SMILES string of the molecule is O=c1cc2n(cc1O)CCN(Cc1ccccc1)C2Cc1ccccc1. The van der Waals surface area contributed by atoms with Gasteiger partial charge in [-0.15, -0.1) is 0 Å². The van der Waals surface area contributed by atoms with E-state index in [2.05, 4.69) is 41.3 Å². The summed E-state index contributed by atoms with van der Waals surface area (Å²) in [6.07, 6.45) is 2.41. The number of hydrogen-bond acceptors (Lipinski definition) is 3. The maximum Gasteiger partial charge on any atom is 0.223 e. The molecule has 0 amide bonds. The van der Waals surface area contributed by atoms with E-state index in [1.54, 1.807) is 12.3 Å². The van der Waals surface area contributed by atoms with Crippen LogP contribution in [0.1, 0.15) is 22.9 Å². The van der Waals surface area contributed by atoms with Crippen LogP contribution in [-0.4, -0.2) is 21.1 Å². The Bertz CT molecular complexity index is 935. The average molecular weight is 346 g/mol. The summed E-state index contributed by atoms with van der Waals surface area (Å²) in [5, 5.41) is 9.81. The third kappa shape index (κ3) is 3.41. The normalized spacial score (nSPS) is 17.0. The molecule has 4 heteroatoms. The van der Waals surface area contributed by atoms with Crippen molar-refractivity contribution in [2.24, 2.45) is 0 Å². The van der Waals surface area contributed by atoms with Crippen LogP contribution in [0.4, 0.5) is 0 Å². The highest BCUT2D eigenvalue weighted by molar-refractivity contribution is 5.27. The van der Waals surface area contributed by atoms with E-state index in [-0.39, 0.29) is 17.2 Å². The van der Waals surface area contributed by atoms with Crippen LogP contribution in [-0.2, 0) is 19.5 Å². The van der Waals surface area contributed by atoms with Crippen molar-refractivity contribution in [2.75, 3.05) is 6.54 Å². The second-order valence-electron chi connectivity index (χ2n) is 6.80. The predicted molar refractivity (Wildman–Crippen MR) is 102 cm³/mol. The summed E-state index contributed by atoms with van der Waals surface area (Å²) in [6.45, 7) is 2.48. The molecule has 26 heavy (non-hydrogen) atoms. The molecule has 0 saturated heterocycles. The lowest BCUT2D eigenvalue weighted by molar-refractivity contribution is 0.145. The van der Waals surface area contributed by atoms with Gasteiger partial charge >= 0.3 is 0 Å². The number of pyridine rings is 1. The lowest BCUT2D eigenvalue weighted by Crippen LogP contribution is -2.40. The predicted octanol–water partition coefficient (Wildman–Crippen LogP) is 3.35. The van der Waals surface area contributed by atoms with Gasteiger partial charge < -0.3 is 9.67 Å². The second kappa shape index (κ2) is 7.18. The molecule has 0 radical (unpaired) electrons. The molecule has 4 rings (SSSR count). The van der Waals surface area contributed by atoms with Gasteiger partial charge in [-0.2, -0.15) is 0 Å².